The van der Waals surface area contributed by atoms with Gasteiger partial charge in [-0.15, -0.1) is 0 Å². The van der Waals surface area contributed by atoms with E-state index >= 15 is 0 Å². The fourth-order valence-corrected chi connectivity index (χ4v) is 7.05. The van der Waals surface area contributed by atoms with E-state index in [-0.39, 0.29) is 11.5 Å². The zero-order valence-corrected chi connectivity index (χ0v) is 26.2. The van der Waals surface area contributed by atoms with Crippen LogP contribution in [0.4, 0.5) is 5.69 Å². The van der Waals surface area contributed by atoms with Crippen LogP contribution in [0.1, 0.15) is 24.1 Å². The van der Waals surface area contributed by atoms with Crippen LogP contribution in [0, 0.1) is 0 Å². The molecule has 1 aliphatic rings. The Morgan fingerprint density at radius 3 is 2.54 bits per heavy atom. The largest absolute Gasteiger partial charge is 0.497 e. The van der Waals surface area contributed by atoms with Crippen molar-refractivity contribution in [3.05, 3.63) is 130 Å². The molecule has 0 saturated heterocycles. The summed E-state index contributed by atoms with van der Waals surface area (Å²) in [4.78, 5) is 32.9. The number of halogens is 2. The van der Waals surface area contributed by atoms with Crippen molar-refractivity contribution in [2.24, 2.45) is 4.99 Å². The molecule has 0 radical (unpaired) electrons. The summed E-state index contributed by atoms with van der Waals surface area (Å²) in [5.41, 5.74) is 2.84. The number of allylic oxidation sites excluding steroid dienone is 1. The van der Waals surface area contributed by atoms with Crippen molar-refractivity contribution < 1.29 is 14.3 Å². The summed E-state index contributed by atoms with van der Waals surface area (Å²) < 4.78 is 14.7. The first-order valence-corrected chi connectivity index (χ1v) is 15.0. The molecule has 1 aliphatic heterocycles. The molecule has 4 aromatic rings. The first-order chi connectivity index (χ1) is 19.8. The minimum Gasteiger partial charge on any atom is -0.497 e. The van der Waals surface area contributed by atoms with Crippen molar-refractivity contribution >= 4 is 60.9 Å². The number of amides is 1. The summed E-state index contributed by atoms with van der Waals surface area (Å²) in [6, 6.07) is 19.6. The smallest absolute Gasteiger partial charge is 0.271 e. The zero-order valence-electron chi connectivity index (χ0n) is 22.2. The first-order valence-electron chi connectivity index (χ1n) is 12.6. The van der Waals surface area contributed by atoms with E-state index in [1.807, 2.05) is 72.8 Å². The van der Waals surface area contributed by atoms with Crippen LogP contribution < -0.4 is 29.7 Å². The van der Waals surface area contributed by atoms with Gasteiger partial charge in [0.1, 0.15) is 18.1 Å². The number of carbonyl (C=O) groups excluding carboxylic acids is 1. The van der Waals surface area contributed by atoms with Gasteiger partial charge in [-0.1, -0.05) is 54.3 Å². The molecule has 1 aromatic heterocycles. The van der Waals surface area contributed by atoms with Crippen LogP contribution in [0.3, 0.4) is 0 Å². The predicted molar refractivity (Wildman–Crippen MR) is 169 cm³/mol. The van der Waals surface area contributed by atoms with Crippen LogP contribution in [-0.2, 0) is 4.79 Å². The molecule has 0 aliphatic carbocycles. The molecule has 1 atom stereocenters. The molecule has 0 fully saturated rings. The van der Waals surface area contributed by atoms with E-state index < -0.39 is 6.04 Å². The average molecular weight is 695 g/mol. The molecule has 10 heteroatoms. The van der Waals surface area contributed by atoms with E-state index in [1.54, 1.807) is 24.7 Å². The molecule has 0 saturated carbocycles. The van der Waals surface area contributed by atoms with E-state index in [2.05, 4.69) is 43.8 Å². The summed E-state index contributed by atoms with van der Waals surface area (Å²) in [5.74, 6) is 0.935. The molecule has 0 bridgehead atoms. The highest BCUT2D eigenvalue weighted by Crippen LogP contribution is 2.35. The average Bonchev–Trinajstić information content (AvgIpc) is 3.26. The van der Waals surface area contributed by atoms with Gasteiger partial charge in [-0.2, -0.15) is 0 Å². The van der Waals surface area contributed by atoms with E-state index in [0.717, 1.165) is 20.1 Å². The second kappa shape index (κ2) is 12.4. The summed E-state index contributed by atoms with van der Waals surface area (Å²) in [6.07, 6.45) is 3.48. The highest BCUT2D eigenvalue weighted by Gasteiger charge is 2.32. The number of fused-ring (bicyclic) bond motifs is 1. The van der Waals surface area contributed by atoms with Gasteiger partial charge in [0.15, 0.2) is 4.80 Å². The molecular formula is C31H25Br2N3O4S. The van der Waals surface area contributed by atoms with Gasteiger partial charge in [0.25, 0.3) is 11.5 Å². The lowest BCUT2D eigenvalue weighted by molar-refractivity contribution is -0.113. The normalized spacial score (nSPS) is 14.7. The van der Waals surface area contributed by atoms with Crippen LogP contribution in [-0.4, -0.2) is 24.2 Å². The highest BCUT2D eigenvalue weighted by molar-refractivity contribution is 9.11. The number of thiazole rings is 1. The van der Waals surface area contributed by atoms with Crippen LogP contribution >= 0.6 is 43.2 Å². The lowest BCUT2D eigenvalue weighted by atomic mass is 9.95. The Morgan fingerprint density at radius 2 is 1.85 bits per heavy atom. The van der Waals surface area contributed by atoms with Gasteiger partial charge in [-0.05, 0) is 92.4 Å². The van der Waals surface area contributed by atoms with Crippen molar-refractivity contribution in [3.8, 4) is 11.5 Å². The minimum absolute atomic E-state index is 0.252. The monoisotopic (exact) mass is 693 g/mol. The van der Waals surface area contributed by atoms with Gasteiger partial charge in [0, 0.05) is 5.69 Å². The fraction of sp³-hybridized carbons (Fsp3) is 0.129. The Morgan fingerprint density at radius 1 is 1.12 bits per heavy atom. The van der Waals surface area contributed by atoms with Crippen molar-refractivity contribution in [1.29, 1.82) is 0 Å². The SMILES string of the molecule is C=CCOc1c(Br)cc(/C=c2\sc3n(c2=O)[C@H](c2cccc(OC)c2)C(C(=O)Nc2ccccc2)=C(C)N=3)cc1Br. The third-order valence-corrected chi connectivity index (χ3v) is 8.53. The molecular weight excluding hydrogens is 670 g/mol. The second-order valence-corrected chi connectivity index (χ2v) is 11.8. The van der Waals surface area contributed by atoms with E-state index in [9.17, 15) is 9.59 Å². The lowest BCUT2D eigenvalue weighted by Gasteiger charge is -2.25. The van der Waals surface area contributed by atoms with Crippen LogP contribution in [0.5, 0.6) is 11.5 Å². The van der Waals surface area contributed by atoms with Gasteiger partial charge in [0.2, 0.25) is 0 Å². The van der Waals surface area contributed by atoms with Crippen molar-refractivity contribution in [2.45, 2.75) is 13.0 Å². The number of ether oxygens (including phenoxy) is 2. The van der Waals surface area contributed by atoms with Crippen molar-refractivity contribution in [1.82, 2.24) is 4.57 Å². The standard InChI is InChI=1S/C31H25Br2N3O4S/c1-4-13-40-28-23(32)14-19(15-24(28)33)16-25-30(38)36-27(20-9-8-12-22(17-20)39-3)26(18(2)34-31(36)41-25)29(37)35-21-10-6-5-7-11-21/h4-12,14-17,27H,1,13H2,2-3H3,(H,35,37)/b25-16-/t27-/m1/s1. The Hall–Kier alpha value is -3.73. The number of aromatic nitrogens is 1. The van der Waals surface area contributed by atoms with Gasteiger partial charge in [-0.25, -0.2) is 4.99 Å². The number of nitrogens with zero attached hydrogens (tertiary/aromatic N) is 2. The third kappa shape index (κ3) is 6.00. The Bertz CT molecular complexity index is 1840. The maximum Gasteiger partial charge on any atom is 0.271 e. The van der Waals surface area contributed by atoms with E-state index in [0.29, 0.717) is 44.4 Å². The molecule has 5 rings (SSSR count). The number of nitrogens with one attached hydrogen (secondary N) is 1. The maximum atomic E-state index is 14.0. The maximum absolute atomic E-state index is 14.0. The number of rotatable bonds is 8. The number of hydrogen-bond acceptors (Lipinski definition) is 6. The van der Waals surface area contributed by atoms with E-state index in [4.69, 9.17) is 14.5 Å². The third-order valence-electron chi connectivity index (χ3n) is 6.37. The lowest BCUT2D eigenvalue weighted by Crippen LogP contribution is -2.40. The number of anilines is 1. The minimum atomic E-state index is -0.708. The number of benzene rings is 3. The zero-order chi connectivity index (χ0) is 29.1. The number of methoxy groups -OCH3 is 1. The Kier molecular flexibility index (Phi) is 8.72. The molecule has 3 aromatic carbocycles. The molecule has 0 spiro atoms. The van der Waals surface area contributed by atoms with Gasteiger partial charge >= 0.3 is 0 Å². The molecule has 1 amide bonds. The predicted octanol–water partition coefficient (Wildman–Crippen LogP) is 5.97. The topological polar surface area (TPSA) is 81.9 Å². The summed E-state index contributed by atoms with van der Waals surface area (Å²) in [6.45, 7) is 5.84. The van der Waals surface area contributed by atoms with Crippen LogP contribution in [0.15, 0.2) is 109 Å². The molecule has 1 N–H and O–H groups in total. The molecule has 7 nitrogen and oxygen atoms in total. The van der Waals surface area contributed by atoms with Crippen LogP contribution in [0.25, 0.3) is 6.08 Å². The van der Waals surface area contributed by atoms with Crippen LogP contribution in [0.2, 0.25) is 0 Å². The summed E-state index contributed by atoms with van der Waals surface area (Å²) >= 11 is 8.39. The number of para-hydroxylation sites is 1. The Labute approximate surface area is 257 Å². The van der Waals surface area contributed by atoms with E-state index in [1.165, 1.54) is 11.3 Å². The molecule has 41 heavy (non-hydrogen) atoms. The van der Waals surface area contributed by atoms with Crippen molar-refractivity contribution in [2.75, 3.05) is 19.0 Å². The number of carbonyl (C=O) groups is 1. The Balaban J connectivity index is 1.65. The first kappa shape index (κ1) is 28.8. The molecule has 2 heterocycles. The fourth-order valence-electron chi connectivity index (χ4n) is 4.55. The summed E-state index contributed by atoms with van der Waals surface area (Å²) in [5, 5.41) is 2.96. The second-order valence-electron chi connectivity index (χ2n) is 9.09. The highest BCUT2D eigenvalue weighted by atomic mass is 79.9. The number of hydrogen-bond donors (Lipinski definition) is 1. The van der Waals surface area contributed by atoms with Crippen molar-refractivity contribution in [3.63, 3.8) is 0 Å². The molecule has 208 valence electrons. The van der Waals surface area contributed by atoms with Gasteiger partial charge in [0.05, 0.1) is 37.9 Å². The van der Waals surface area contributed by atoms with Gasteiger partial charge < -0.3 is 14.8 Å². The van der Waals surface area contributed by atoms with Gasteiger partial charge in [-0.3, -0.25) is 14.2 Å². The summed E-state index contributed by atoms with van der Waals surface area (Å²) in [7, 11) is 1.58. The quantitative estimate of drug-likeness (QED) is 0.231. The molecule has 0 unspecified atom stereocenters.